The van der Waals surface area contributed by atoms with Crippen molar-refractivity contribution in [1.29, 1.82) is 0 Å². The summed E-state index contributed by atoms with van der Waals surface area (Å²) in [6, 6.07) is -0.0580. The van der Waals surface area contributed by atoms with Gasteiger partial charge in [0, 0.05) is 12.5 Å². The second-order valence-electron chi connectivity index (χ2n) is 4.01. The summed E-state index contributed by atoms with van der Waals surface area (Å²) in [6.45, 7) is 3.01. The molecule has 1 N–H and O–H groups in total. The Morgan fingerprint density at radius 2 is 2.43 bits per heavy atom. The zero-order valence-electron chi connectivity index (χ0n) is 8.33. The normalized spacial score (nSPS) is 32.0. The topological polar surface area (TPSA) is 47.6 Å². The number of hydrogen-bond acceptors (Lipinski definition) is 4. The average molecular weight is 199 g/mol. The number of nitrogens with one attached hydrogen (secondary N) is 1. The van der Waals surface area contributed by atoms with Gasteiger partial charge in [0.2, 0.25) is 0 Å². The van der Waals surface area contributed by atoms with E-state index in [4.69, 9.17) is 9.47 Å². The van der Waals surface area contributed by atoms with Crippen LogP contribution in [0.15, 0.2) is 0 Å². The van der Waals surface area contributed by atoms with Gasteiger partial charge in [-0.15, -0.1) is 0 Å². The zero-order chi connectivity index (χ0) is 9.80. The van der Waals surface area contributed by atoms with Crippen molar-refractivity contribution in [2.24, 2.45) is 5.92 Å². The van der Waals surface area contributed by atoms with E-state index in [-0.39, 0.29) is 12.0 Å². The Morgan fingerprint density at radius 3 is 3.07 bits per heavy atom. The summed E-state index contributed by atoms with van der Waals surface area (Å²) in [7, 11) is 0. The highest BCUT2D eigenvalue weighted by Gasteiger charge is 2.25. The first-order valence-electron chi connectivity index (χ1n) is 5.34. The first kappa shape index (κ1) is 9.93. The Kier molecular flexibility index (Phi) is 3.37. The molecule has 2 fully saturated rings. The highest BCUT2D eigenvalue weighted by Crippen LogP contribution is 2.13. The monoisotopic (exact) mass is 199 g/mol. The molecule has 14 heavy (non-hydrogen) atoms. The molecular formula is C10H17NO3. The Morgan fingerprint density at radius 1 is 1.50 bits per heavy atom. The fraction of sp³-hybridized carbons (Fsp3) is 0.900. The standard InChI is InChI=1S/C10H17NO3/c12-10(9-2-1-4-11-9)14-7-8-3-5-13-6-8/h8-9,11H,1-7H2/t8?,9-/m0/s1. The molecule has 2 heterocycles. The largest absolute Gasteiger partial charge is 0.464 e. The molecule has 0 aromatic rings. The highest BCUT2D eigenvalue weighted by molar-refractivity contribution is 5.76. The molecule has 0 radical (unpaired) electrons. The third-order valence-electron chi connectivity index (χ3n) is 2.83. The Hall–Kier alpha value is -0.610. The van der Waals surface area contributed by atoms with E-state index in [2.05, 4.69) is 5.32 Å². The lowest BCUT2D eigenvalue weighted by Gasteiger charge is -2.12. The molecule has 80 valence electrons. The molecule has 0 aromatic carbocycles. The minimum atomic E-state index is -0.0885. The molecule has 0 spiro atoms. The van der Waals surface area contributed by atoms with Crippen molar-refractivity contribution in [1.82, 2.24) is 5.32 Å². The van der Waals surface area contributed by atoms with E-state index in [0.29, 0.717) is 12.5 Å². The van der Waals surface area contributed by atoms with Crippen molar-refractivity contribution in [2.75, 3.05) is 26.4 Å². The molecule has 2 aliphatic heterocycles. The van der Waals surface area contributed by atoms with Crippen molar-refractivity contribution >= 4 is 5.97 Å². The fourth-order valence-electron chi connectivity index (χ4n) is 1.90. The first-order chi connectivity index (χ1) is 6.86. The van der Waals surface area contributed by atoms with Crippen molar-refractivity contribution in [3.05, 3.63) is 0 Å². The van der Waals surface area contributed by atoms with E-state index >= 15 is 0 Å². The quantitative estimate of drug-likeness (QED) is 0.665. The Labute approximate surface area is 84.0 Å². The maximum Gasteiger partial charge on any atom is 0.323 e. The Balaban J connectivity index is 1.66. The smallest absolute Gasteiger partial charge is 0.323 e. The predicted octanol–water partition coefficient (Wildman–Crippen LogP) is 0.318. The molecule has 4 heteroatoms. The lowest BCUT2D eigenvalue weighted by molar-refractivity contribution is -0.147. The molecule has 0 aliphatic carbocycles. The van der Waals surface area contributed by atoms with E-state index < -0.39 is 0 Å². The van der Waals surface area contributed by atoms with E-state index in [1.807, 2.05) is 0 Å². The van der Waals surface area contributed by atoms with Gasteiger partial charge < -0.3 is 14.8 Å². The van der Waals surface area contributed by atoms with Gasteiger partial charge in [0.15, 0.2) is 0 Å². The number of ether oxygens (including phenoxy) is 2. The average Bonchev–Trinajstić information content (AvgIpc) is 2.87. The second kappa shape index (κ2) is 4.75. The number of rotatable bonds is 3. The lowest BCUT2D eigenvalue weighted by Crippen LogP contribution is -2.33. The van der Waals surface area contributed by atoms with Crippen LogP contribution >= 0.6 is 0 Å². The third kappa shape index (κ3) is 2.45. The summed E-state index contributed by atoms with van der Waals surface area (Å²) in [5.74, 6) is 0.328. The lowest BCUT2D eigenvalue weighted by atomic mass is 10.1. The zero-order valence-corrected chi connectivity index (χ0v) is 8.33. The van der Waals surface area contributed by atoms with Crippen LogP contribution in [-0.2, 0) is 14.3 Å². The van der Waals surface area contributed by atoms with Crippen LogP contribution < -0.4 is 5.32 Å². The minimum Gasteiger partial charge on any atom is -0.464 e. The van der Waals surface area contributed by atoms with Crippen molar-refractivity contribution < 1.29 is 14.3 Å². The maximum atomic E-state index is 11.5. The highest BCUT2D eigenvalue weighted by atomic mass is 16.5. The van der Waals surface area contributed by atoms with E-state index in [1.54, 1.807) is 0 Å². The number of carbonyl (C=O) groups is 1. The van der Waals surface area contributed by atoms with Crippen LogP contribution in [0, 0.1) is 5.92 Å². The van der Waals surface area contributed by atoms with Crippen LogP contribution in [-0.4, -0.2) is 38.4 Å². The maximum absolute atomic E-state index is 11.5. The van der Waals surface area contributed by atoms with Gasteiger partial charge in [0.1, 0.15) is 6.04 Å². The molecule has 0 saturated carbocycles. The van der Waals surface area contributed by atoms with Crippen molar-refractivity contribution in [3.8, 4) is 0 Å². The van der Waals surface area contributed by atoms with Gasteiger partial charge in [0.05, 0.1) is 13.2 Å². The van der Waals surface area contributed by atoms with Gasteiger partial charge in [-0.05, 0) is 25.8 Å². The van der Waals surface area contributed by atoms with Gasteiger partial charge in [-0.3, -0.25) is 4.79 Å². The number of esters is 1. The molecule has 2 atom stereocenters. The number of hydrogen-bond donors (Lipinski definition) is 1. The molecule has 2 saturated heterocycles. The molecule has 2 aliphatic rings. The van der Waals surface area contributed by atoms with Crippen molar-refractivity contribution in [2.45, 2.75) is 25.3 Å². The predicted molar refractivity (Wildman–Crippen MR) is 50.9 cm³/mol. The van der Waals surface area contributed by atoms with Crippen LogP contribution in [0.25, 0.3) is 0 Å². The van der Waals surface area contributed by atoms with Crippen LogP contribution in [0.1, 0.15) is 19.3 Å². The molecule has 0 bridgehead atoms. The summed E-state index contributed by atoms with van der Waals surface area (Å²) in [6.07, 6.45) is 3.01. The summed E-state index contributed by atoms with van der Waals surface area (Å²) < 4.78 is 10.4. The molecule has 4 nitrogen and oxygen atoms in total. The fourth-order valence-corrected chi connectivity index (χ4v) is 1.90. The van der Waals surface area contributed by atoms with Crippen LogP contribution in [0.4, 0.5) is 0 Å². The van der Waals surface area contributed by atoms with Gasteiger partial charge in [0.25, 0.3) is 0 Å². The van der Waals surface area contributed by atoms with Gasteiger partial charge in [-0.25, -0.2) is 0 Å². The van der Waals surface area contributed by atoms with Gasteiger partial charge in [-0.1, -0.05) is 0 Å². The molecule has 0 aromatic heterocycles. The molecule has 1 unspecified atom stereocenters. The van der Waals surface area contributed by atoms with E-state index in [0.717, 1.165) is 39.0 Å². The first-order valence-corrected chi connectivity index (χ1v) is 5.34. The number of carbonyl (C=O) groups excluding carboxylic acids is 1. The van der Waals surface area contributed by atoms with E-state index in [1.165, 1.54) is 0 Å². The summed E-state index contributed by atoms with van der Waals surface area (Å²) >= 11 is 0. The Bertz CT molecular complexity index is 196. The third-order valence-corrected chi connectivity index (χ3v) is 2.83. The second-order valence-corrected chi connectivity index (χ2v) is 4.01. The molecule has 0 amide bonds. The summed E-state index contributed by atoms with van der Waals surface area (Å²) in [4.78, 5) is 11.5. The summed E-state index contributed by atoms with van der Waals surface area (Å²) in [5, 5.41) is 3.13. The molecule has 2 rings (SSSR count). The van der Waals surface area contributed by atoms with Crippen LogP contribution in [0.2, 0.25) is 0 Å². The van der Waals surface area contributed by atoms with E-state index in [9.17, 15) is 4.79 Å². The molecular weight excluding hydrogens is 182 g/mol. The minimum absolute atomic E-state index is 0.0580. The van der Waals surface area contributed by atoms with Crippen LogP contribution in [0.3, 0.4) is 0 Å². The van der Waals surface area contributed by atoms with Crippen molar-refractivity contribution in [3.63, 3.8) is 0 Å². The van der Waals surface area contributed by atoms with Gasteiger partial charge >= 0.3 is 5.97 Å². The summed E-state index contributed by atoms with van der Waals surface area (Å²) in [5.41, 5.74) is 0. The van der Waals surface area contributed by atoms with Crippen LogP contribution in [0.5, 0.6) is 0 Å². The SMILES string of the molecule is O=C(OCC1CCOC1)[C@@H]1CCCN1. The van der Waals surface area contributed by atoms with Gasteiger partial charge in [-0.2, -0.15) is 0 Å².